The van der Waals surface area contributed by atoms with E-state index in [1.54, 1.807) is 6.92 Å². The van der Waals surface area contributed by atoms with Crippen LogP contribution in [0.15, 0.2) is 0 Å². The van der Waals surface area contributed by atoms with Crippen LogP contribution < -0.4 is 5.73 Å². The first-order valence-corrected chi connectivity index (χ1v) is 8.54. The summed E-state index contributed by atoms with van der Waals surface area (Å²) in [5, 5.41) is 9.48. The monoisotopic (exact) mass is 309 g/mol. The predicted octanol–water partition coefficient (Wildman–Crippen LogP) is 1.14. The van der Waals surface area contributed by atoms with Gasteiger partial charge in [0.1, 0.15) is 5.01 Å². The number of aromatic nitrogens is 2. The molecule has 1 saturated carbocycles. The van der Waals surface area contributed by atoms with Crippen molar-refractivity contribution < 1.29 is 4.79 Å². The standard InChI is InChI=1S/C14H23N5OS/c1-10(20)19(11-4-5-11)9-12-3-2-7-18(12)8-6-13-16-17-14(15)21-13/h11-12H,2-9H2,1H3,(H2,15,17)/t12-/m1/s1. The molecule has 0 spiro atoms. The number of anilines is 1. The van der Waals surface area contributed by atoms with Crippen LogP contribution in [-0.4, -0.2) is 57.6 Å². The van der Waals surface area contributed by atoms with Gasteiger partial charge in [0.2, 0.25) is 11.0 Å². The SMILES string of the molecule is CC(=O)N(C[C@H]1CCCN1CCc1nnc(N)s1)C1CC1. The number of nitrogen functional groups attached to an aromatic ring is 1. The highest BCUT2D eigenvalue weighted by atomic mass is 32.1. The molecule has 1 aromatic heterocycles. The van der Waals surface area contributed by atoms with Crippen LogP contribution >= 0.6 is 11.3 Å². The second-order valence-electron chi connectivity index (χ2n) is 6.02. The van der Waals surface area contributed by atoms with Crippen LogP contribution in [-0.2, 0) is 11.2 Å². The smallest absolute Gasteiger partial charge is 0.219 e. The van der Waals surface area contributed by atoms with E-state index in [4.69, 9.17) is 5.73 Å². The quantitative estimate of drug-likeness (QED) is 0.853. The molecular weight excluding hydrogens is 286 g/mol. The zero-order chi connectivity index (χ0) is 14.8. The third-order valence-electron chi connectivity index (χ3n) is 4.39. The van der Waals surface area contributed by atoms with Gasteiger partial charge in [0.05, 0.1) is 0 Å². The zero-order valence-corrected chi connectivity index (χ0v) is 13.3. The minimum absolute atomic E-state index is 0.223. The molecule has 0 bridgehead atoms. The van der Waals surface area contributed by atoms with E-state index in [1.807, 2.05) is 0 Å². The van der Waals surface area contributed by atoms with Gasteiger partial charge in [0, 0.05) is 38.5 Å². The Morgan fingerprint density at radius 2 is 2.24 bits per heavy atom. The Hall–Kier alpha value is -1.21. The molecule has 2 heterocycles. The third-order valence-corrected chi connectivity index (χ3v) is 5.21. The summed E-state index contributed by atoms with van der Waals surface area (Å²) in [6.45, 7) is 4.69. The Balaban J connectivity index is 1.53. The molecule has 0 radical (unpaired) electrons. The van der Waals surface area contributed by atoms with Gasteiger partial charge in [-0.3, -0.25) is 9.69 Å². The number of likely N-dealkylation sites (tertiary alicyclic amines) is 1. The second kappa shape index (κ2) is 6.27. The Labute approximate surface area is 129 Å². The Morgan fingerprint density at radius 1 is 1.43 bits per heavy atom. The lowest BCUT2D eigenvalue weighted by Gasteiger charge is -2.30. The first-order valence-electron chi connectivity index (χ1n) is 7.72. The highest BCUT2D eigenvalue weighted by Crippen LogP contribution is 2.29. The number of amides is 1. The maximum absolute atomic E-state index is 11.8. The average molecular weight is 309 g/mol. The van der Waals surface area contributed by atoms with Crippen LogP contribution in [0.4, 0.5) is 5.13 Å². The number of nitrogens with two attached hydrogens (primary N) is 1. The molecule has 1 aliphatic carbocycles. The molecule has 0 unspecified atom stereocenters. The normalized spacial score (nSPS) is 22.6. The van der Waals surface area contributed by atoms with Crippen LogP contribution in [0.3, 0.4) is 0 Å². The summed E-state index contributed by atoms with van der Waals surface area (Å²) in [4.78, 5) is 16.4. The zero-order valence-electron chi connectivity index (χ0n) is 12.5. The van der Waals surface area contributed by atoms with Crippen LogP contribution in [0.2, 0.25) is 0 Å². The number of hydrogen-bond donors (Lipinski definition) is 1. The summed E-state index contributed by atoms with van der Waals surface area (Å²) in [5.74, 6) is 0.223. The van der Waals surface area contributed by atoms with Crippen molar-refractivity contribution in [2.24, 2.45) is 0 Å². The minimum Gasteiger partial charge on any atom is -0.374 e. The van der Waals surface area contributed by atoms with Gasteiger partial charge in [0.15, 0.2) is 0 Å². The summed E-state index contributed by atoms with van der Waals surface area (Å²) in [7, 11) is 0. The van der Waals surface area contributed by atoms with Crippen LogP contribution in [0.5, 0.6) is 0 Å². The van der Waals surface area contributed by atoms with Crippen LogP contribution in [0, 0.1) is 0 Å². The molecule has 1 aliphatic heterocycles. The maximum Gasteiger partial charge on any atom is 0.219 e. The molecule has 1 saturated heterocycles. The molecule has 2 fully saturated rings. The van der Waals surface area contributed by atoms with E-state index in [-0.39, 0.29) is 5.91 Å². The molecule has 6 nitrogen and oxygen atoms in total. The van der Waals surface area contributed by atoms with Gasteiger partial charge in [-0.05, 0) is 32.2 Å². The predicted molar refractivity (Wildman–Crippen MR) is 83.0 cm³/mol. The highest BCUT2D eigenvalue weighted by molar-refractivity contribution is 7.15. The largest absolute Gasteiger partial charge is 0.374 e. The second-order valence-corrected chi connectivity index (χ2v) is 7.11. The summed E-state index contributed by atoms with van der Waals surface area (Å²) in [6.07, 6.45) is 5.66. The number of carbonyl (C=O) groups excluding carboxylic acids is 1. The molecule has 21 heavy (non-hydrogen) atoms. The molecule has 116 valence electrons. The van der Waals surface area contributed by atoms with Gasteiger partial charge in [-0.1, -0.05) is 11.3 Å². The highest BCUT2D eigenvalue weighted by Gasteiger charge is 2.35. The first-order chi connectivity index (χ1) is 10.1. The maximum atomic E-state index is 11.8. The summed E-state index contributed by atoms with van der Waals surface area (Å²) < 4.78 is 0. The van der Waals surface area contributed by atoms with Crippen molar-refractivity contribution in [3.05, 3.63) is 5.01 Å². The Bertz CT molecular complexity index is 501. The van der Waals surface area contributed by atoms with E-state index >= 15 is 0 Å². The molecule has 1 amide bonds. The van der Waals surface area contributed by atoms with Crippen LogP contribution in [0.1, 0.15) is 37.6 Å². The number of rotatable bonds is 6. The van der Waals surface area contributed by atoms with E-state index in [0.717, 1.165) is 31.1 Å². The van der Waals surface area contributed by atoms with Gasteiger partial charge >= 0.3 is 0 Å². The molecule has 2 aliphatic rings. The number of nitrogens with zero attached hydrogens (tertiary/aromatic N) is 4. The topological polar surface area (TPSA) is 75.4 Å². The van der Waals surface area contributed by atoms with Crippen molar-refractivity contribution in [3.8, 4) is 0 Å². The van der Waals surface area contributed by atoms with E-state index in [0.29, 0.717) is 17.2 Å². The average Bonchev–Trinajstić information content (AvgIpc) is 3.04. The van der Waals surface area contributed by atoms with Gasteiger partial charge in [-0.25, -0.2) is 0 Å². The summed E-state index contributed by atoms with van der Waals surface area (Å²) in [5.41, 5.74) is 5.62. The number of hydrogen-bond acceptors (Lipinski definition) is 6. The van der Waals surface area contributed by atoms with Crippen molar-refractivity contribution in [2.45, 2.75) is 51.1 Å². The molecule has 2 N–H and O–H groups in total. The van der Waals surface area contributed by atoms with E-state index in [1.165, 1.54) is 37.0 Å². The fraction of sp³-hybridized carbons (Fsp3) is 0.786. The lowest BCUT2D eigenvalue weighted by atomic mass is 10.2. The van der Waals surface area contributed by atoms with Crippen LogP contribution in [0.25, 0.3) is 0 Å². The molecule has 1 atom stereocenters. The first kappa shape index (κ1) is 14.7. The molecule has 3 rings (SSSR count). The lowest BCUT2D eigenvalue weighted by molar-refractivity contribution is -0.130. The minimum atomic E-state index is 0.223. The van der Waals surface area contributed by atoms with Gasteiger partial charge < -0.3 is 10.6 Å². The summed E-state index contributed by atoms with van der Waals surface area (Å²) in [6, 6.07) is 1.01. The van der Waals surface area contributed by atoms with Crippen molar-refractivity contribution in [1.29, 1.82) is 0 Å². The third kappa shape index (κ3) is 3.71. The Morgan fingerprint density at radius 3 is 2.86 bits per heavy atom. The number of carbonyl (C=O) groups is 1. The van der Waals surface area contributed by atoms with Crippen molar-refractivity contribution in [3.63, 3.8) is 0 Å². The van der Waals surface area contributed by atoms with Gasteiger partial charge in [-0.15, -0.1) is 10.2 Å². The van der Waals surface area contributed by atoms with E-state index in [9.17, 15) is 4.79 Å². The molecule has 0 aromatic carbocycles. The molecular formula is C14H23N5OS. The fourth-order valence-corrected chi connectivity index (χ4v) is 3.75. The molecule has 1 aromatic rings. The van der Waals surface area contributed by atoms with Gasteiger partial charge in [-0.2, -0.15) is 0 Å². The van der Waals surface area contributed by atoms with E-state index in [2.05, 4.69) is 20.0 Å². The lowest BCUT2D eigenvalue weighted by Crippen LogP contribution is -2.43. The van der Waals surface area contributed by atoms with Crippen molar-refractivity contribution >= 4 is 22.4 Å². The van der Waals surface area contributed by atoms with Crippen molar-refractivity contribution in [2.75, 3.05) is 25.4 Å². The Kier molecular flexibility index (Phi) is 4.40. The van der Waals surface area contributed by atoms with E-state index < -0.39 is 0 Å². The summed E-state index contributed by atoms with van der Waals surface area (Å²) >= 11 is 1.47. The fourth-order valence-electron chi connectivity index (χ4n) is 3.15. The molecule has 7 heteroatoms. The van der Waals surface area contributed by atoms with Gasteiger partial charge in [0.25, 0.3) is 0 Å². The van der Waals surface area contributed by atoms with Crippen molar-refractivity contribution in [1.82, 2.24) is 20.0 Å².